The Morgan fingerprint density at radius 1 is 1.24 bits per heavy atom. The van der Waals surface area contributed by atoms with E-state index in [4.69, 9.17) is 0 Å². The Kier molecular flexibility index (Phi) is 4.69. The molecule has 0 radical (unpaired) electrons. The Morgan fingerprint density at radius 2 is 1.86 bits per heavy atom. The molecular weight excluding hydrogens is 262 g/mol. The predicted molar refractivity (Wildman–Crippen MR) is 85.8 cm³/mol. The zero-order valence-corrected chi connectivity index (χ0v) is 13.8. The van der Waals surface area contributed by atoms with Gasteiger partial charge in [-0.1, -0.05) is 44.2 Å². The summed E-state index contributed by atoms with van der Waals surface area (Å²) in [7, 11) is 4.14. The van der Waals surface area contributed by atoms with Crippen molar-refractivity contribution in [1.82, 2.24) is 15.1 Å². The van der Waals surface area contributed by atoms with Crippen LogP contribution in [0, 0.1) is 5.41 Å². The van der Waals surface area contributed by atoms with E-state index in [1.807, 2.05) is 35.2 Å². The smallest absolute Gasteiger partial charge is 0.245 e. The normalized spacial score (nSPS) is 23.1. The van der Waals surface area contributed by atoms with Crippen molar-refractivity contribution in [2.75, 3.05) is 27.2 Å². The van der Waals surface area contributed by atoms with E-state index in [1.54, 1.807) is 0 Å². The first kappa shape index (κ1) is 16.0. The second kappa shape index (κ2) is 6.16. The third-order valence-corrected chi connectivity index (χ3v) is 3.88. The monoisotopic (exact) mass is 289 g/mol. The molecule has 2 rings (SSSR count). The van der Waals surface area contributed by atoms with Gasteiger partial charge in [0.05, 0.1) is 6.17 Å². The minimum atomic E-state index is -0.212. The van der Waals surface area contributed by atoms with Crippen LogP contribution >= 0.6 is 0 Å². The van der Waals surface area contributed by atoms with Crippen molar-refractivity contribution < 1.29 is 4.79 Å². The maximum atomic E-state index is 12.7. The molecular formula is C17H27N3O. The summed E-state index contributed by atoms with van der Waals surface area (Å²) in [6.45, 7) is 8.21. The average molecular weight is 289 g/mol. The van der Waals surface area contributed by atoms with Gasteiger partial charge in [-0.3, -0.25) is 10.1 Å². The number of carbonyl (C=O) groups excluding carboxylic acids is 1. The van der Waals surface area contributed by atoms with Gasteiger partial charge in [0.2, 0.25) is 5.91 Å². The molecule has 1 aliphatic heterocycles. The molecule has 1 amide bonds. The molecule has 1 aromatic rings. The van der Waals surface area contributed by atoms with Crippen molar-refractivity contribution >= 4 is 5.91 Å². The average Bonchev–Trinajstić information content (AvgIpc) is 2.66. The predicted octanol–water partition coefficient (Wildman–Crippen LogP) is 2.09. The van der Waals surface area contributed by atoms with Gasteiger partial charge in [-0.2, -0.15) is 0 Å². The molecule has 2 unspecified atom stereocenters. The maximum absolute atomic E-state index is 12.7. The van der Waals surface area contributed by atoms with Crippen LogP contribution in [0.15, 0.2) is 30.3 Å². The molecule has 0 saturated carbocycles. The highest BCUT2D eigenvalue weighted by Crippen LogP contribution is 2.28. The van der Waals surface area contributed by atoms with Gasteiger partial charge in [0.25, 0.3) is 0 Å². The number of hydrogen-bond donors (Lipinski definition) is 1. The lowest BCUT2D eigenvalue weighted by atomic mass is 9.92. The van der Waals surface area contributed by atoms with Crippen LogP contribution in [-0.2, 0) is 4.79 Å². The number of benzene rings is 1. The Bertz CT molecular complexity index is 484. The van der Waals surface area contributed by atoms with E-state index in [0.717, 1.165) is 18.7 Å². The van der Waals surface area contributed by atoms with Crippen LogP contribution in [0.3, 0.4) is 0 Å². The van der Waals surface area contributed by atoms with E-state index in [0.29, 0.717) is 0 Å². The summed E-state index contributed by atoms with van der Waals surface area (Å²) in [5.41, 5.74) is 1.11. The highest BCUT2D eigenvalue weighted by atomic mass is 16.2. The lowest BCUT2D eigenvalue weighted by molar-refractivity contribution is -0.131. The molecule has 0 bridgehead atoms. The van der Waals surface area contributed by atoms with Crippen LogP contribution in [0.2, 0.25) is 0 Å². The summed E-state index contributed by atoms with van der Waals surface area (Å²) in [4.78, 5) is 16.9. The lowest BCUT2D eigenvalue weighted by Crippen LogP contribution is -2.44. The van der Waals surface area contributed by atoms with E-state index in [2.05, 4.69) is 45.1 Å². The first-order valence-corrected chi connectivity index (χ1v) is 7.56. The molecule has 4 nitrogen and oxygen atoms in total. The first-order chi connectivity index (χ1) is 9.80. The maximum Gasteiger partial charge on any atom is 0.245 e. The molecule has 1 fully saturated rings. The fourth-order valence-corrected chi connectivity index (χ4v) is 3.23. The fraction of sp³-hybridized carbons (Fsp3) is 0.588. The van der Waals surface area contributed by atoms with Gasteiger partial charge in [-0.25, -0.2) is 0 Å². The second-order valence-corrected chi connectivity index (χ2v) is 7.05. The molecule has 21 heavy (non-hydrogen) atoms. The molecule has 2 atom stereocenters. The van der Waals surface area contributed by atoms with Gasteiger partial charge in [0.1, 0.15) is 6.04 Å². The number of nitrogens with zero attached hydrogens (tertiary/aromatic N) is 2. The third-order valence-electron chi connectivity index (χ3n) is 3.88. The molecule has 116 valence electrons. The van der Waals surface area contributed by atoms with Crippen LogP contribution < -0.4 is 5.32 Å². The SMILES string of the molecule is CC1NC(c2ccccc2)C(=O)N1CC(C)(C)CN(C)C. The first-order valence-electron chi connectivity index (χ1n) is 7.56. The molecule has 1 saturated heterocycles. The Labute approximate surface area is 128 Å². The zero-order chi connectivity index (χ0) is 15.6. The number of rotatable bonds is 5. The van der Waals surface area contributed by atoms with Crippen molar-refractivity contribution in [2.45, 2.75) is 33.0 Å². The Morgan fingerprint density at radius 3 is 2.43 bits per heavy atom. The Balaban J connectivity index is 2.10. The summed E-state index contributed by atoms with van der Waals surface area (Å²) in [5, 5.41) is 3.41. The molecule has 1 aliphatic rings. The van der Waals surface area contributed by atoms with E-state index in [9.17, 15) is 4.79 Å². The van der Waals surface area contributed by atoms with E-state index in [1.165, 1.54) is 0 Å². The van der Waals surface area contributed by atoms with Crippen LogP contribution in [0.1, 0.15) is 32.4 Å². The summed E-state index contributed by atoms with van der Waals surface area (Å²) in [6.07, 6.45) is 0.0733. The van der Waals surface area contributed by atoms with Gasteiger partial charge in [0.15, 0.2) is 0 Å². The van der Waals surface area contributed by atoms with Gasteiger partial charge < -0.3 is 9.80 Å². The van der Waals surface area contributed by atoms with E-state index < -0.39 is 0 Å². The van der Waals surface area contributed by atoms with Crippen LogP contribution in [0.4, 0.5) is 0 Å². The summed E-state index contributed by atoms with van der Waals surface area (Å²) < 4.78 is 0. The minimum absolute atomic E-state index is 0.0701. The van der Waals surface area contributed by atoms with Gasteiger partial charge >= 0.3 is 0 Å². The van der Waals surface area contributed by atoms with Gasteiger partial charge in [-0.15, -0.1) is 0 Å². The van der Waals surface area contributed by atoms with Crippen molar-refractivity contribution in [2.24, 2.45) is 5.41 Å². The van der Waals surface area contributed by atoms with Gasteiger partial charge in [0, 0.05) is 13.1 Å². The third kappa shape index (κ3) is 3.83. The van der Waals surface area contributed by atoms with E-state index >= 15 is 0 Å². The van der Waals surface area contributed by atoms with E-state index in [-0.39, 0.29) is 23.5 Å². The molecule has 1 aromatic carbocycles. The number of amides is 1. The van der Waals surface area contributed by atoms with Gasteiger partial charge in [-0.05, 0) is 32.0 Å². The quantitative estimate of drug-likeness (QED) is 0.901. The molecule has 4 heteroatoms. The summed E-state index contributed by atoms with van der Waals surface area (Å²) >= 11 is 0. The van der Waals surface area contributed by atoms with Crippen molar-refractivity contribution in [1.29, 1.82) is 0 Å². The van der Waals surface area contributed by atoms with Crippen molar-refractivity contribution in [3.8, 4) is 0 Å². The molecule has 0 aromatic heterocycles. The molecule has 0 spiro atoms. The summed E-state index contributed by atoms with van der Waals surface area (Å²) in [5.74, 6) is 0.181. The minimum Gasteiger partial charge on any atom is -0.325 e. The van der Waals surface area contributed by atoms with Crippen LogP contribution in [-0.4, -0.2) is 49.1 Å². The zero-order valence-electron chi connectivity index (χ0n) is 13.8. The van der Waals surface area contributed by atoms with Crippen molar-refractivity contribution in [3.05, 3.63) is 35.9 Å². The molecule has 1 N–H and O–H groups in total. The highest BCUT2D eigenvalue weighted by Gasteiger charge is 2.39. The van der Waals surface area contributed by atoms with Crippen LogP contribution in [0.25, 0.3) is 0 Å². The number of hydrogen-bond acceptors (Lipinski definition) is 3. The fourth-order valence-electron chi connectivity index (χ4n) is 3.23. The molecule has 1 heterocycles. The topological polar surface area (TPSA) is 35.6 Å². The molecule has 0 aliphatic carbocycles. The second-order valence-electron chi connectivity index (χ2n) is 7.05. The van der Waals surface area contributed by atoms with Crippen molar-refractivity contribution in [3.63, 3.8) is 0 Å². The number of carbonyl (C=O) groups is 1. The number of nitrogens with one attached hydrogen (secondary N) is 1. The summed E-state index contributed by atoms with van der Waals surface area (Å²) in [6, 6.07) is 9.75. The highest BCUT2D eigenvalue weighted by molar-refractivity contribution is 5.85. The largest absolute Gasteiger partial charge is 0.325 e. The Hall–Kier alpha value is -1.39. The lowest BCUT2D eigenvalue weighted by Gasteiger charge is -2.34. The standard InChI is InChI=1S/C17H27N3O/c1-13-18-15(14-9-7-6-8-10-14)16(21)20(13)12-17(2,3)11-19(4)5/h6-10,13,15,18H,11-12H2,1-5H3. The van der Waals surface area contributed by atoms with Crippen LogP contribution in [0.5, 0.6) is 0 Å².